The number of benzene rings is 1. The predicted octanol–water partition coefficient (Wildman–Crippen LogP) is 2.58. The maximum atomic E-state index is 13.1. The van der Waals surface area contributed by atoms with Crippen LogP contribution in [0.4, 0.5) is 10.2 Å². The molecule has 0 spiro atoms. The van der Waals surface area contributed by atoms with E-state index in [0.717, 1.165) is 24.2 Å². The van der Waals surface area contributed by atoms with E-state index in [-0.39, 0.29) is 36.1 Å². The largest absolute Gasteiger partial charge is 0.352 e. The molecule has 1 aromatic heterocycles. The lowest BCUT2D eigenvalue weighted by Crippen LogP contribution is -2.52. The molecule has 1 aliphatic carbocycles. The first-order valence-electron chi connectivity index (χ1n) is 10.9. The number of piperazine rings is 1. The zero-order chi connectivity index (χ0) is 22.0. The summed E-state index contributed by atoms with van der Waals surface area (Å²) in [4.78, 5) is 30.9. The van der Waals surface area contributed by atoms with Crippen molar-refractivity contribution < 1.29 is 14.0 Å². The number of amides is 2. The number of hydrogen-bond acceptors (Lipinski definition) is 5. The minimum absolute atomic E-state index is 0.0123. The molecular formula is C23H28FN5O2. The zero-order valence-electron chi connectivity index (χ0n) is 18.0. The molecule has 2 fully saturated rings. The number of hydrogen-bond donors (Lipinski definition) is 0. The Morgan fingerprint density at radius 1 is 1.03 bits per heavy atom. The van der Waals surface area contributed by atoms with Gasteiger partial charge in [0.25, 0.3) is 0 Å². The number of halogens is 1. The van der Waals surface area contributed by atoms with Crippen molar-refractivity contribution in [3.05, 3.63) is 42.2 Å². The van der Waals surface area contributed by atoms with Gasteiger partial charge in [-0.2, -0.15) is 0 Å². The minimum atomic E-state index is -0.283. The van der Waals surface area contributed by atoms with Crippen molar-refractivity contribution in [2.75, 3.05) is 37.6 Å². The van der Waals surface area contributed by atoms with Crippen LogP contribution >= 0.6 is 0 Å². The fourth-order valence-electron chi connectivity index (χ4n) is 3.80. The third kappa shape index (κ3) is 5.00. The highest BCUT2D eigenvalue weighted by Crippen LogP contribution is 2.28. The van der Waals surface area contributed by atoms with Gasteiger partial charge >= 0.3 is 0 Å². The van der Waals surface area contributed by atoms with Crippen LogP contribution in [0.5, 0.6) is 0 Å². The Balaban J connectivity index is 1.32. The molecule has 164 valence electrons. The highest BCUT2D eigenvalue weighted by Gasteiger charge is 2.36. The highest BCUT2D eigenvalue weighted by molar-refractivity contribution is 5.86. The van der Waals surface area contributed by atoms with Crippen LogP contribution in [0.15, 0.2) is 36.4 Å². The van der Waals surface area contributed by atoms with E-state index in [9.17, 15) is 14.0 Å². The second-order valence-corrected chi connectivity index (χ2v) is 8.50. The lowest BCUT2D eigenvalue weighted by Gasteiger charge is -2.36. The summed E-state index contributed by atoms with van der Waals surface area (Å²) in [6, 6.07) is 10.2. The van der Waals surface area contributed by atoms with Crippen molar-refractivity contribution >= 4 is 17.6 Å². The normalized spacial score (nSPS) is 16.5. The predicted molar refractivity (Wildman–Crippen MR) is 116 cm³/mol. The van der Waals surface area contributed by atoms with Gasteiger partial charge in [-0.15, -0.1) is 10.2 Å². The van der Waals surface area contributed by atoms with Gasteiger partial charge in [0.2, 0.25) is 11.8 Å². The van der Waals surface area contributed by atoms with Crippen molar-refractivity contribution in [3.8, 4) is 11.3 Å². The highest BCUT2D eigenvalue weighted by atomic mass is 19.1. The van der Waals surface area contributed by atoms with Gasteiger partial charge in [0.1, 0.15) is 12.4 Å². The van der Waals surface area contributed by atoms with Gasteiger partial charge in [-0.05, 0) is 49.2 Å². The lowest BCUT2D eigenvalue weighted by molar-refractivity contribution is -0.143. The first kappa shape index (κ1) is 21.2. The summed E-state index contributed by atoms with van der Waals surface area (Å²) in [7, 11) is 0. The molecule has 31 heavy (non-hydrogen) atoms. The molecule has 8 heteroatoms. The van der Waals surface area contributed by atoms with Crippen LogP contribution in [0.25, 0.3) is 11.3 Å². The van der Waals surface area contributed by atoms with Crippen LogP contribution in [0.2, 0.25) is 0 Å². The first-order valence-corrected chi connectivity index (χ1v) is 10.9. The van der Waals surface area contributed by atoms with Crippen molar-refractivity contribution in [2.24, 2.45) is 5.92 Å². The van der Waals surface area contributed by atoms with Gasteiger partial charge in [-0.3, -0.25) is 9.59 Å². The molecule has 1 aromatic carbocycles. The number of nitrogens with zero attached hydrogens (tertiary/aromatic N) is 5. The van der Waals surface area contributed by atoms with E-state index in [1.54, 1.807) is 17.0 Å². The number of aromatic nitrogens is 2. The minimum Gasteiger partial charge on any atom is -0.352 e. The van der Waals surface area contributed by atoms with Crippen LogP contribution in [-0.2, 0) is 9.59 Å². The molecule has 0 unspecified atom stereocenters. The van der Waals surface area contributed by atoms with Crippen LogP contribution in [-0.4, -0.2) is 70.6 Å². The Morgan fingerprint density at radius 3 is 2.26 bits per heavy atom. The van der Waals surface area contributed by atoms with Crippen molar-refractivity contribution in [1.29, 1.82) is 0 Å². The fourth-order valence-corrected chi connectivity index (χ4v) is 3.80. The second kappa shape index (κ2) is 8.99. The van der Waals surface area contributed by atoms with Crippen LogP contribution in [0.1, 0.15) is 26.7 Å². The smallest absolute Gasteiger partial charge is 0.242 e. The molecule has 4 rings (SSSR count). The lowest BCUT2D eigenvalue weighted by atomic mass is 10.1. The van der Waals surface area contributed by atoms with Crippen molar-refractivity contribution in [2.45, 2.75) is 32.7 Å². The molecule has 0 atom stereocenters. The molecule has 1 saturated carbocycles. The monoisotopic (exact) mass is 425 g/mol. The summed E-state index contributed by atoms with van der Waals surface area (Å²) in [5.74, 6) is 0.452. The summed E-state index contributed by atoms with van der Waals surface area (Å²) in [6.07, 6.45) is 1.98. The van der Waals surface area contributed by atoms with E-state index in [1.807, 2.05) is 30.9 Å². The van der Waals surface area contributed by atoms with E-state index in [0.29, 0.717) is 31.9 Å². The van der Waals surface area contributed by atoms with E-state index in [4.69, 9.17) is 0 Å². The van der Waals surface area contributed by atoms with E-state index < -0.39 is 0 Å². The van der Waals surface area contributed by atoms with Gasteiger partial charge in [0, 0.05) is 43.7 Å². The summed E-state index contributed by atoms with van der Waals surface area (Å²) in [5.41, 5.74) is 1.50. The molecule has 1 saturated heterocycles. The first-order chi connectivity index (χ1) is 14.9. The third-order valence-corrected chi connectivity index (χ3v) is 5.82. The third-order valence-electron chi connectivity index (χ3n) is 5.82. The molecule has 1 aliphatic heterocycles. The topological polar surface area (TPSA) is 69.6 Å². The van der Waals surface area contributed by atoms with Gasteiger partial charge < -0.3 is 14.7 Å². The maximum absolute atomic E-state index is 13.1. The average molecular weight is 426 g/mol. The number of rotatable bonds is 6. The van der Waals surface area contributed by atoms with Crippen LogP contribution < -0.4 is 4.90 Å². The molecule has 2 aliphatic rings. The summed E-state index contributed by atoms with van der Waals surface area (Å²) in [6.45, 7) is 6.44. The summed E-state index contributed by atoms with van der Waals surface area (Å²) >= 11 is 0. The number of carbonyl (C=O) groups is 2. The Bertz CT molecular complexity index is 920. The van der Waals surface area contributed by atoms with Gasteiger partial charge in [0.15, 0.2) is 5.82 Å². The van der Waals surface area contributed by atoms with E-state index in [2.05, 4.69) is 15.1 Å². The molecule has 7 nitrogen and oxygen atoms in total. The molecule has 0 N–H and O–H groups in total. The molecule has 2 amide bonds. The molecule has 0 bridgehead atoms. The number of anilines is 1. The maximum Gasteiger partial charge on any atom is 0.242 e. The number of carbonyl (C=O) groups excluding carboxylic acids is 2. The quantitative estimate of drug-likeness (QED) is 0.712. The zero-order valence-corrected chi connectivity index (χ0v) is 18.0. The van der Waals surface area contributed by atoms with Crippen molar-refractivity contribution in [3.63, 3.8) is 0 Å². The summed E-state index contributed by atoms with van der Waals surface area (Å²) < 4.78 is 13.1. The van der Waals surface area contributed by atoms with Gasteiger partial charge in [-0.1, -0.05) is 13.8 Å². The van der Waals surface area contributed by atoms with Crippen LogP contribution in [0.3, 0.4) is 0 Å². The molecule has 2 heterocycles. The second-order valence-electron chi connectivity index (χ2n) is 8.50. The van der Waals surface area contributed by atoms with Crippen molar-refractivity contribution in [1.82, 2.24) is 20.0 Å². The van der Waals surface area contributed by atoms with E-state index in [1.165, 1.54) is 12.1 Å². The fraction of sp³-hybridized carbons (Fsp3) is 0.478. The molecule has 2 aromatic rings. The average Bonchev–Trinajstić information content (AvgIpc) is 3.63. The summed E-state index contributed by atoms with van der Waals surface area (Å²) in [5, 5.41) is 8.59. The van der Waals surface area contributed by atoms with Gasteiger partial charge in [-0.25, -0.2) is 4.39 Å². The SMILES string of the molecule is CC(C)C(=O)N(CC(=O)N1CCN(c2ccc(-c3ccc(F)cc3)nn2)CC1)C1CC1. The van der Waals surface area contributed by atoms with Gasteiger partial charge in [0.05, 0.1) is 5.69 Å². The Kier molecular flexibility index (Phi) is 6.15. The van der Waals surface area contributed by atoms with Crippen LogP contribution in [0, 0.1) is 11.7 Å². The standard InChI is InChI=1S/C23H28FN5O2/c1-16(2)23(31)29(19-7-8-19)15-22(30)28-13-11-27(12-14-28)21-10-9-20(25-26-21)17-3-5-18(24)6-4-17/h3-6,9-10,16,19H,7-8,11-15H2,1-2H3. The molecule has 0 radical (unpaired) electrons. The van der Waals surface area contributed by atoms with E-state index >= 15 is 0 Å². The Morgan fingerprint density at radius 2 is 1.71 bits per heavy atom. The molecular weight excluding hydrogens is 397 g/mol. The Labute approximate surface area is 181 Å². The Hall–Kier alpha value is -3.03.